The van der Waals surface area contributed by atoms with Crippen molar-refractivity contribution in [1.29, 1.82) is 0 Å². The van der Waals surface area contributed by atoms with Gasteiger partial charge in [-0.3, -0.25) is 4.90 Å². The Kier molecular flexibility index (Phi) is 4.83. The van der Waals surface area contributed by atoms with Gasteiger partial charge in [0.25, 0.3) is 0 Å². The van der Waals surface area contributed by atoms with Crippen LogP contribution in [0, 0.1) is 0 Å². The topological polar surface area (TPSA) is 27.3 Å². The number of anilines is 1. The maximum atomic E-state index is 3.48. The van der Waals surface area contributed by atoms with Crippen molar-refractivity contribution in [3.05, 3.63) is 29.8 Å². The molecular weight excluding hydrogens is 210 g/mol. The summed E-state index contributed by atoms with van der Waals surface area (Å²) in [6.07, 6.45) is 2.39. The number of nitrogens with zero attached hydrogens (tertiary/aromatic N) is 1. The maximum Gasteiger partial charge on any atom is 0.0679 e. The number of aryl methyl sites for hydroxylation is 1. The van der Waals surface area contributed by atoms with Gasteiger partial charge >= 0.3 is 0 Å². The van der Waals surface area contributed by atoms with Crippen molar-refractivity contribution in [2.45, 2.75) is 19.8 Å². The second kappa shape index (κ2) is 6.62. The normalized spacial score (nSPS) is 17.0. The molecule has 3 nitrogen and oxygen atoms in total. The van der Waals surface area contributed by atoms with E-state index < -0.39 is 0 Å². The summed E-state index contributed by atoms with van der Waals surface area (Å²) in [5.74, 6) is 0. The average Bonchev–Trinajstić information content (AvgIpc) is 2.40. The number of rotatable bonds is 5. The lowest BCUT2D eigenvalue weighted by Gasteiger charge is -2.27. The Morgan fingerprint density at radius 3 is 2.53 bits per heavy atom. The number of nitrogens with one attached hydrogen (secondary N) is 2. The van der Waals surface area contributed by atoms with Crippen LogP contribution in [-0.2, 0) is 6.42 Å². The minimum atomic E-state index is 0.953. The van der Waals surface area contributed by atoms with Gasteiger partial charge in [-0.15, -0.1) is 0 Å². The van der Waals surface area contributed by atoms with Crippen LogP contribution in [-0.4, -0.2) is 37.7 Å². The van der Waals surface area contributed by atoms with Gasteiger partial charge in [-0.05, 0) is 24.1 Å². The molecule has 94 valence electrons. The summed E-state index contributed by atoms with van der Waals surface area (Å²) in [6.45, 7) is 7.67. The number of benzene rings is 1. The van der Waals surface area contributed by atoms with Gasteiger partial charge in [0, 0.05) is 31.9 Å². The third-order valence-corrected chi connectivity index (χ3v) is 3.21. The van der Waals surface area contributed by atoms with Gasteiger partial charge in [-0.25, -0.2) is 0 Å². The monoisotopic (exact) mass is 233 g/mol. The van der Waals surface area contributed by atoms with Crippen LogP contribution in [0.4, 0.5) is 5.69 Å². The summed E-state index contributed by atoms with van der Waals surface area (Å²) < 4.78 is 0. The number of hydrogen-bond donors (Lipinski definition) is 2. The van der Waals surface area contributed by atoms with Crippen LogP contribution in [0.2, 0.25) is 0 Å². The fourth-order valence-electron chi connectivity index (χ4n) is 2.15. The summed E-state index contributed by atoms with van der Waals surface area (Å²) in [7, 11) is 0. The summed E-state index contributed by atoms with van der Waals surface area (Å²) in [5.41, 5.74) is 2.66. The van der Waals surface area contributed by atoms with E-state index in [2.05, 4.69) is 46.7 Å². The van der Waals surface area contributed by atoms with Crippen LogP contribution in [0.5, 0.6) is 0 Å². The van der Waals surface area contributed by atoms with Crippen LogP contribution in [0.3, 0.4) is 0 Å². The molecule has 1 aromatic carbocycles. The smallest absolute Gasteiger partial charge is 0.0679 e. The first-order chi connectivity index (χ1) is 8.38. The molecule has 0 radical (unpaired) electrons. The molecule has 1 aliphatic rings. The molecule has 0 aliphatic carbocycles. The maximum absolute atomic E-state index is 3.48. The van der Waals surface area contributed by atoms with E-state index in [4.69, 9.17) is 0 Å². The van der Waals surface area contributed by atoms with E-state index in [1.807, 2.05) is 0 Å². The molecule has 0 amide bonds. The van der Waals surface area contributed by atoms with E-state index in [1.54, 1.807) is 0 Å². The predicted molar refractivity (Wildman–Crippen MR) is 73.4 cm³/mol. The van der Waals surface area contributed by atoms with Crippen molar-refractivity contribution < 1.29 is 0 Å². The summed E-state index contributed by atoms with van der Waals surface area (Å²) in [4.78, 5) is 2.44. The molecule has 3 heteroatoms. The molecular formula is C14H23N3. The molecule has 0 spiro atoms. The Bertz CT molecular complexity index is 315. The number of piperazine rings is 1. The molecule has 0 saturated carbocycles. The standard InChI is InChI=1S/C14H23N3/c1-2-3-13-4-6-14(7-5-13)16-12-17-10-8-15-9-11-17/h4-7,15-16H,2-3,8-12H2,1H3. The van der Waals surface area contributed by atoms with Gasteiger partial charge in [-0.2, -0.15) is 0 Å². The molecule has 2 rings (SSSR count). The highest BCUT2D eigenvalue weighted by Gasteiger charge is 2.08. The Hall–Kier alpha value is -1.06. The van der Waals surface area contributed by atoms with Crippen molar-refractivity contribution in [3.63, 3.8) is 0 Å². The lowest BCUT2D eigenvalue weighted by molar-refractivity contribution is 0.256. The SMILES string of the molecule is CCCc1ccc(NCN2CCNCC2)cc1. The van der Waals surface area contributed by atoms with E-state index in [0.29, 0.717) is 0 Å². The van der Waals surface area contributed by atoms with Crippen molar-refractivity contribution in [3.8, 4) is 0 Å². The first-order valence-corrected chi connectivity index (χ1v) is 6.64. The second-order valence-electron chi connectivity index (χ2n) is 4.65. The molecule has 1 aliphatic heterocycles. The van der Waals surface area contributed by atoms with Crippen molar-refractivity contribution in [2.75, 3.05) is 38.2 Å². The lowest BCUT2D eigenvalue weighted by Crippen LogP contribution is -2.45. The van der Waals surface area contributed by atoms with Gasteiger partial charge in [0.1, 0.15) is 0 Å². The van der Waals surface area contributed by atoms with Crippen LogP contribution >= 0.6 is 0 Å². The van der Waals surface area contributed by atoms with Crippen LogP contribution in [0.25, 0.3) is 0 Å². The van der Waals surface area contributed by atoms with Crippen LogP contribution in [0.15, 0.2) is 24.3 Å². The predicted octanol–water partition coefficient (Wildman–Crippen LogP) is 1.91. The largest absolute Gasteiger partial charge is 0.372 e. The first kappa shape index (κ1) is 12.4. The fraction of sp³-hybridized carbons (Fsp3) is 0.571. The summed E-state index contributed by atoms with van der Waals surface area (Å²) >= 11 is 0. The van der Waals surface area contributed by atoms with Gasteiger partial charge in [0.05, 0.1) is 6.67 Å². The summed E-state index contributed by atoms with van der Waals surface area (Å²) in [5, 5.41) is 6.85. The quantitative estimate of drug-likeness (QED) is 0.813. The van der Waals surface area contributed by atoms with Gasteiger partial charge in [0.15, 0.2) is 0 Å². The van der Waals surface area contributed by atoms with Crippen LogP contribution in [0.1, 0.15) is 18.9 Å². The van der Waals surface area contributed by atoms with Gasteiger partial charge in [0.2, 0.25) is 0 Å². The molecule has 0 bridgehead atoms. The van der Waals surface area contributed by atoms with E-state index in [0.717, 1.165) is 32.8 Å². The van der Waals surface area contributed by atoms with E-state index in [1.165, 1.54) is 24.1 Å². The third-order valence-electron chi connectivity index (χ3n) is 3.21. The van der Waals surface area contributed by atoms with Gasteiger partial charge < -0.3 is 10.6 Å². The highest BCUT2D eigenvalue weighted by atomic mass is 15.3. The zero-order valence-corrected chi connectivity index (χ0v) is 10.7. The minimum Gasteiger partial charge on any atom is -0.372 e. The van der Waals surface area contributed by atoms with Crippen molar-refractivity contribution in [1.82, 2.24) is 10.2 Å². The van der Waals surface area contributed by atoms with Gasteiger partial charge in [-0.1, -0.05) is 25.5 Å². The Labute approximate surface area is 104 Å². The first-order valence-electron chi connectivity index (χ1n) is 6.64. The molecule has 0 unspecified atom stereocenters. The molecule has 1 aromatic rings. The zero-order chi connectivity index (χ0) is 11.9. The molecule has 2 N–H and O–H groups in total. The van der Waals surface area contributed by atoms with E-state index >= 15 is 0 Å². The third kappa shape index (κ3) is 4.02. The van der Waals surface area contributed by atoms with Crippen molar-refractivity contribution in [2.24, 2.45) is 0 Å². The molecule has 1 saturated heterocycles. The number of hydrogen-bond acceptors (Lipinski definition) is 3. The van der Waals surface area contributed by atoms with Crippen LogP contribution < -0.4 is 10.6 Å². The van der Waals surface area contributed by atoms with Crippen molar-refractivity contribution >= 4 is 5.69 Å². The Balaban J connectivity index is 1.77. The molecule has 17 heavy (non-hydrogen) atoms. The molecule has 1 heterocycles. The fourth-order valence-corrected chi connectivity index (χ4v) is 2.15. The zero-order valence-electron chi connectivity index (χ0n) is 10.7. The summed E-state index contributed by atoms with van der Waals surface area (Å²) in [6, 6.07) is 8.83. The molecule has 0 atom stereocenters. The minimum absolute atomic E-state index is 0.953. The molecule has 0 aromatic heterocycles. The average molecular weight is 233 g/mol. The van der Waals surface area contributed by atoms with E-state index in [9.17, 15) is 0 Å². The molecule has 1 fully saturated rings. The van der Waals surface area contributed by atoms with E-state index in [-0.39, 0.29) is 0 Å². The Morgan fingerprint density at radius 1 is 1.18 bits per heavy atom. The highest BCUT2D eigenvalue weighted by Crippen LogP contribution is 2.11. The Morgan fingerprint density at radius 2 is 1.88 bits per heavy atom. The highest BCUT2D eigenvalue weighted by molar-refractivity contribution is 5.44. The second-order valence-corrected chi connectivity index (χ2v) is 4.65. The lowest BCUT2D eigenvalue weighted by atomic mass is 10.1.